The molecule has 0 bridgehead atoms. The SMILES string of the molecule is C[C@H](CC[C@H](O)/C=C\C(=O)O)OC(=O)/C=C\[C@@H](O)[C@H](C)O. The molecule has 0 radical (unpaired) electrons. The lowest BCUT2D eigenvalue weighted by atomic mass is 10.1. The summed E-state index contributed by atoms with van der Waals surface area (Å²) in [5.74, 6) is -1.81. The van der Waals surface area contributed by atoms with Crippen molar-refractivity contribution in [3.05, 3.63) is 24.3 Å². The number of rotatable bonds is 9. The van der Waals surface area contributed by atoms with Crippen molar-refractivity contribution in [2.45, 2.75) is 51.1 Å². The Labute approximate surface area is 123 Å². The molecule has 0 aromatic carbocycles. The zero-order valence-corrected chi connectivity index (χ0v) is 12.0. The van der Waals surface area contributed by atoms with E-state index in [9.17, 15) is 19.8 Å². The summed E-state index contributed by atoms with van der Waals surface area (Å²) in [7, 11) is 0. The molecule has 0 aliphatic carbocycles. The topological polar surface area (TPSA) is 124 Å². The van der Waals surface area contributed by atoms with Gasteiger partial charge in [0, 0.05) is 12.2 Å². The highest BCUT2D eigenvalue weighted by Crippen LogP contribution is 2.07. The molecule has 0 aliphatic rings. The molecule has 7 nitrogen and oxygen atoms in total. The summed E-state index contributed by atoms with van der Waals surface area (Å²) in [6.45, 7) is 3.01. The molecule has 4 N–H and O–H groups in total. The molecule has 0 amide bonds. The summed E-state index contributed by atoms with van der Waals surface area (Å²) in [5, 5.41) is 36.1. The van der Waals surface area contributed by atoms with Gasteiger partial charge in [-0.3, -0.25) is 0 Å². The Hall–Kier alpha value is -1.70. The van der Waals surface area contributed by atoms with Crippen LogP contribution in [0.4, 0.5) is 0 Å². The fourth-order valence-electron chi connectivity index (χ4n) is 1.33. The van der Waals surface area contributed by atoms with Crippen LogP contribution in [0.2, 0.25) is 0 Å². The highest BCUT2D eigenvalue weighted by Gasteiger charge is 2.11. The minimum absolute atomic E-state index is 0.248. The molecular formula is C14H22O7. The van der Waals surface area contributed by atoms with Gasteiger partial charge in [-0.2, -0.15) is 0 Å². The molecule has 4 atom stereocenters. The first-order valence-electron chi connectivity index (χ1n) is 6.56. The molecule has 120 valence electrons. The third kappa shape index (κ3) is 10.7. The third-order valence-corrected chi connectivity index (χ3v) is 2.57. The summed E-state index contributed by atoms with van der Waals surface area (Å²) in [5.41, 5.74) is 0. The summed E-state index contributed by atoms with van der Waals surface area (Å²) >= 11 is 0. The smallest absolute Gasteiger partial charge is 0.330 e. The lowest BCUT2D eigenvalue weighted by molar-refractivity contribution is -0.142. The molecule has 0 saturated heterocycles. The van der Waals surface area contributed by atoms with E-state index in [0.717, 1.165) is 24.3 Å². The first-order valence-corrected chi connectivity index (χ1v) is 6.56. The van der Waals surface area contributed by atoms with Crippen molar-refractivity contribution in [2.24, 2.45) is 0 Å². The van der Waals surface area contributed by atoms with Crippen molar-refractivity contribution in [1.82, 2.24) is 0 Å². The molecule has 0 saturated carbocycles. The Morgan fingerprint density at radius 2 is 1.67 bits per heavy atom. The fraction of sp³-hybridized carbons (Fsp3) is 0.571. The van der Waals surface area contributed by atoms with Gasteiger partial charge in [0.2, 0.25) is 0 Å². The Morgan fingerprint density at radius 1 is 1.05 bits per heavy atom. The van der Waals surface area contributed by atoms with Crippen LogP contribution in [0.3, 0.4) is 0 Å². The number of aliphatic carboxylic acids is 1. The number of carboxylic acid groups (broad SMARTS) is 1. The summed E-state index contributed by atoms with van der Waals surface area (Å²) in [6.07, 6.45) is 1.23. The first kappa shape index (κ1) is 19.3. The average molecular weight is 302 g/mol. The molecule has 0 aliphatic heterocycles. The maximum Gasteiger partial charge on any atom is 0.330 e. The van der Waals surface area contributed by atoms with Gasteiger partial charge in [0.05, 0.1) is 24.4 Å². The van der Waals surface area contributed by atoms with Gasteiger partial charge in [-0.1, -0.05) is 0 Å². The molecule has 0 aromatic heterocycles. The van der Waals surface area contributed by atoms with E-state index in [4.69, 9.17) is 14.9 Å². The number of aliphatic hydroxyl groups is 3. The minimum atomic E-state index is -1.14. The standard InChI is InChI=1S/C14H22O7/c1-9(3-4-11(16)5-7-13(18)19)21-14(20)8-6-12(17)10(2)15/h5-12,15-17H,3-4H2,1-2H3,(H,18,19)/b7-5-,8-6-/t9-,10+,11+,12-/m1/s1. The predicted octanol–water partition coefficient (Wildman–Crippen LogP) is -0.00210. The Kier molecular flexibility index (Phi) is 9.27. The van der Waals surface area contributed by atoms with Crippen molar-refractivity contribution >= 4 is 11.9 Å². The molecular weight excluding hydrogens is 280 g/mol. The maximum atomic E-state index is 11.4. The zero-order chi connectivity index (χ0) is 16.4. The van der Waals surface area contributed by atoms with Crippen molar-refractivity contribution in [3.63, 3.8) is 0 Å². The zero-order valence-electron chi connectivity index (χ0n) is 12.0. The van der Waals surface area contributed by atoms with Gasteiger partial charge in [0.1, 0.15) is 0 Å². The molecule has 7 heteroatoms. The lowest BCUT2D eigenvalue weighted by Crippen LogP contribution is -2.20. The van der Waals surface area contributed by atoms with Crippen LogP contribution in [0.25, 0.3) is 0 Å². The van der Waals surface area contributed by atoms with Crippen LogP contribution in [0.5, 0.6) is 0 Å². The molecule has 0 heterocycles. The summed E-state index contributed by atoms with van der Waals surface area (Å²) in [4.78, 5) is 21.6. The number of hydrogen-bond acceptors (Lipinski definition) is 6. The summed E-state index contributed by atoms with van der Waals surface area (Å²) in [6, 6.07) is 0. The van der Waals surface area contributed by atoms with Gasteiger partial charge in [0.15, 0.2) is 0 Å². The highest BCUT2D eigenvalue weighted by molar-refractivity contribution is 5.82. The van der Waals surface area contributed by atoms with E-state index in [1.807, 2.05) is 0 Å². The number of ether oxygens (including phenoxy) is 1. The van der Waals surface area contributed by atoms with E-state index in [0.29, 0.717) is 6.42 Å². The van der Waals surface area contributed by atoms with Crippen LogP contribution < -0.4 is 0 Å². The first-order chi connectivity index (χ1) is 9.72. The van der Waals surface area contributed by atoms with Gasteiger partial charge >= 0.3 is 11.9 Å². The maximum absolute atomic E-state index is 11.4. The second-order valence-corrected chi connectivity index (χ2v) is 4.68. The van der Waals surface area contributed by atoms with Crippen LogP contribution in [0.1, 0.15) is 26.7 Å². The van der Waals surface area contributed by atoms with Crippen LogP contribution >= 0.6 is 0 Å². The van der Waals surface area contributed by atoms with E-state index < -0.39 is 36.4 Å². The van der Waals surface area contributed by atoms with Crippen LogP contribution in [-0.4, -0.2) is 56.8 Å². The second kappa shape index (κ2) is 10.1. The largest absolute Gasteiger partial charge is 0.478 e. The normalized spacial score (nSPS) is 17.6. The fourth-order valence-corrected chi connectivity index (χ4v) is 1.33. The quantitative estimate of drug-likeness (QED) is 0.349. The number of esters is 1. The molecule has 21 heavy (non-hydrogen) atoms. The van der Waals surface area contributed by atoms with Crippen LogP contribution in [-0.2, 0) is 14.3 Å². The molecule has 0 aromatic rings. The van der Waals surface area contributed by atoms with Gasteiger partial charge < -0.3 is 25.2 Å². The lowest BCUT2D eigenvalue weighted by Gasteiger charge is -2.13. The summed E-state index contributed by atoms with van der Waals surface area (Å²) < 4.78 is 4.99. The van der Waals surface area contributed by atoms with E-state index >= 15 is 0 Å². The Morgan fingerprint density at radius 3 is 2.19 bits per heavy atom. The van der Waals surface area contributed by atoms with Crippen molar-refractivity contribution < 1.29 is 34.8 Å². The van der Waals surface area contributed by atoms with Crippen LogP contribution in [0, 0.1) is 0 Å². The molecule has 0 unspecified atom stereocenters. The molecule has 0 spiro atoms. The highest BCUT2D eigenvalue weighted by atomic mass is 16.5. The van der Waals surface area contributed by atoms with Crippen LogP contribution in [0.15, 0.2) is 24.3 Å². The van der Waals surface area contributed by atoms with Gasteiger partial charge in [-0.05, 0) is 38.8 Å². The van der Waals surface area contributed by atoms with E-state index in [1.54, 1.807) is 6.92 Å². The Balaban J connectivity index is 4.06. The predicted molar refractivity (Wildman–Crippen MR) is 74.4 cm³/mol. The van der Waals surface area contributed by atoms with Gasteiger partial charge in [-0.25, -0.2) is 9.59 Å². The number of carbonyl (C=O) groups is 2. The van der Waals surface area contributed by atoms with E-state index in [2.05, 4.69) is 0 Å². The number of carboxylic acids is 1. The number of hydrogen-bond donors (Lipinski definition) is 4. The van der Waals surface area contributed by atoms with Crippen molar-refractivity contribution in [1.29, 1.82) is 0 Å². The number of aliphatic hydroxyl groups excluding tert-OH is 3. The third-order valence-electron chi connectivity index (χ3n) is 2.57. The molecule has 0 rings (SSSR count). The van der Waals surface area contributed by atoms with E-state index in [-0.39, 0.29) is 6.42 Å². The monoisotopic (exact) mass is 302 g/mol. The van der Waals surface area contributed by atoms with E-state index in [1.165, 1.54) is 6.92 Å². The minimum Gasteiger partial charge on any atom is -0.478 e. The van der Waals surface area contributed by atoms with Gasteiger partial charge in [0.25, 0.3) is 0 Å². The Bertz CT molecular complexity index is 387. The number of carbonyl (C=O) groups excluding carboxylic acids is 1. The second-order valence-electron chi connectivity index (χ2n) is 4.68. The molecule has 0 fully saturated rings. The van der Waals surface area contributed by atoms with Crippen molar-refractivity contribution in [3.8, 4) is 0 Å². The average Bonchev–Trinajstić information content (AvgIpc) is 2.39. The van der Waals surface area contributed by atoms with Crippen molar-refractivity contribution in [2.75, 3.05) is 0 Å². The van der Waals surface area contributed by atoms with Gasteiger partial charge in [-0.15, -0.1) is 0 Å².